The maximum Gasteiger partial charge on any atom is 0.241 e. The Kier molecular flexibility index (Phi) is 5.74. The van der Waals surface area contributed by atoms with Crippen molar-refractivity contribution in [1.29, 1.82) is 0 Å². The molecule has 27 heavy (non-hydrogen) atoms. The number of rotatable bonds is 6. The van der Waals surface area contributed by atoms with Crippen molar-refractivity contribution in [1.82, 2.24) is 4.90 Å². The lowest BCUT2D eigenvalue weighted by atomic mass is 9.99. The van der Waals surface area contributed by atoms with Crippen molar-refractivity contribution in [2.75, 3.05) is 13.7 Å². The average molecular weight is 391 g/mol. The molecule has 7 heteroatoms. The molecular formula is C20H26N2O4S. The second kappa shape index (κ2) is 7.88. The van der Waals surface area contributed by atoms with Crippen molar-refractivity contribution in [2.45, 2.75) is 44.4 Å². The third-order valence-corrected chi connectivity index (χ3v) is 5.49. The number of sulfonamides is 1. The molecule has 6 nitrogen and oxygen atoms in total. The first-order chi connectivity index (χ1) is 12.8. The van der Waals surface area contributed by atoms with Gasteiger partial charge >= 0.3 is 0 Å². The van der Waals surface area contributed by atoms with Gasteiger partial charge in [0.1, 0.15) is 16.4 Å². The Balaban J connectivity index is 1.79. The standard InChI is InChI=1S/C20H26N2O4S/c1-14(2)26-18-6-4-5-15(9-18)12-22-8-7-16-11-20(27(21,23)24)19(25-3)10-17(16)13-22/h4-6,9-11,14H,7-8,12-13H2,1-3H3,(H2,21,23,24). The van der Waals surface area contributed by atoms with E-state index < -0.39 is 10.0 Å². The zero-order valence-corrected chi connectivity index (χ0v) is 16.8. The van der Waals surface area contributed by atoms with Crippen LogP contribution in [0.15, 0.2) is 41.3 Å². The van der Waals surface area contributed by atoms with E-state index in [1.807, 2.05) is 26.0 Å². The van der Waals surface area contributed by atoms with Gasteiger partial charge in [0.2, 0.25) is 10.0 Å². The van der Waals surface area contributed by atoms with Gasteiger partial charge in [-0.25, -0.2) is 13.6 Å². The minimum atomic E-state index is -3.81. The van der Waals surface area contributed by atoms with Gasteiger partial charge in [0.25, 0.3) is 0 Å². The molecule has 0 spiro atoms. The number of benzene rings is 2. The molecule has 0 atom stereocenters. The van der Waals surface area contributed by atoms with Gasteiger partial charge in [-0.05, 0) is 61.2 Å². The lowest BCUT2D eigenvalue weighted by molar-refractivity contribution is 0.236. The highest BCUT2D eigenvalue weighted by molar-refractivity contribution is 7.89. The van der Waals surface area contributed by atoms with Gasteiger partial charge in [0, 0.05) is 19.6 Å². The van der Waals surface area contributed by atoms with Gasteiger partial charge in [0.15, 0.2) is 0 Å². The Hall–Kier alpha value is -2.09. The summed E-state index contributed by atoms with van der Waals surface area (Å²) in [5, 5.41) is 5.31. The van der Waals surface area contributed by atoms with Crippen molar-refractivity contribution >= 4 is 10.0 Å². The van der Waals surface area contributed by atoms with E-state index in [9.17, 15) is 8.42 Å². The number of nitrogens with zero attached hydrogens (tertiary/aromatic N) is 1. The van der Waals surface area contributed by atoms with E-state index in [4.69, 9.17) is 14.6 Å². The molecule has 0 aliphatic carbocycles. The van der Waals surface area contributed by atoms with Crippen LogP contribution < -0.4 is 14.6 Å². The molecule has 0 unspecified atom stereocenters. The van der Waals surface area contributed by atoms with Crippen molar-refractivity contribution in [2.24, 2.45) is 5.14 Å². The normalized spacial score (nSPS) is 14.9. The van der Waals surface area contributed by atoms with Gasteiger partial charge < -0.3 is 9.47 Å². The average Bonchev–Trinajstić information content (AvgIpc) is 2.59. The molecule has 0 bridgehead atoms. The first-order valence-electron chi connectivity index (χ1n) is 8.97. The number of hydrogen-bond acceptors (Lipinski definition) is 5. The maximum absolute atomic E-state index is 11.8. The summed E-state index contributed by atoms with van der Waals surface area (Å²) in [7, 11) is -2.35. The molecule has 2 N–H and O–H groups in total. The summed E-state index contributed by atoms with van der Waals surface area (Å²) in [4.78, 5) is 2.38. The first-order valence-corrected chi connectivity index (χ1v) is 10.5. The predicted molar refractivity (Wildman–Crippen MR) is 104 cm³/mol. The zero-order chi connectivity index (χ0) is 19.6. The second-order valence-corrected chi connectivity index (χ2v) is 8.62. The molecule has 3 rings (SSSR count). The third kappa shape index (κ3) is 4.80. The van der Waals surface area contributed by atoms with Crippen LogP contribution in [0.3, 0.4) is 0 Å². The molecule has 0 saturated carbocycles. The van der Waals surface area contributed by atoms with E-state index in [1.54, 1.807) is 12.1 Å². The molecule has 2 aromatic carbocycles. The van der Waals surface area contributed by atoms with Gasteiger partial charge in [-0.15, -0.1) is 0 Å². The molecule has 1 heterocycles. The highest BCUT2D eigenvalue weighted by Crippen LogP contribution is 2.31. The van der Waals surface area contributed by atoms with Crippen LogP contribution in [0.2, 0.25) is 0 Å². The predicted octanol–water partition coefficient (Wildman–Crippen LogP) is 2.69. The van der Waals surface area contributed by atoms with Gasteiger partial charge in [0.05, 0.1) is 13.2 Å². The quantitative estimate of drug-likeness (QED) is 0.820. The minimum Gasteiger partial charge on any atom is -0.495 e. The molecule has 1 aliphatic heterocycles. The molecular weight excluding hydrogens is 364 g/mol. The Labute approximate surface area is 160 Å². The topological polar surface area (TPSA) is 81.9 Å². The molecule has 1 aliphatic rings. The lowest BCUT2D eigenvalue weighted by Gasteiger charge is -2.29. The number of ether oxygens (including phenoxy) is 2. The molecule has 0 amide bonds. The summed E-state index contributed by atoms with van der Waals surface area (Å²) < 4.78 is 34.6. The van der Waals surface area contributed by atoms with Gasteiger partial charge in [-0.3, -0.25) is 4.90 Å². The van der Waals surface area contributed by atoms with E-state index in [2.05, 4.69) is 17.0 Å². The van der Waals surface area contributed by atoms with Crippen LogP contribution in [0, 0.1) is 0 Å². The van der Waals surface area contributed by atoms with Gasteiger partial charge in [-0.2, -0.15) is 0 Å². The molecule has 0 radical (unpaired) electrons. The monoisotopic (exact) mass is 390 g/mol. The van der Waals surface area contributed by atoms with Crippen LogP contribution in [0.5, 0.6) is 11.5 Å². The Morgan fingerprint density at radius 2 is 1.96 bits per heavy atom. The largest absolute Gasteiger partial charge is 0.495 e. The molecule has 146 valence electrons. The van der Waals surface area contributed by atoms with E-state index in [1.165, 1.54) is 12.7 Å². The third-order valence-electron chi connectivity index (χ3n) is 4.56. The number of methoxy groups -OCH3 is 1. The van der Waals surface area contributed by atoms with Crippen LogP contribution in [0.4, 0.5) is 0 Å². The number of fused-ring (bicyclic) bond motifs is 1. The first kappa shape index (κ1) is 19.7. The van der Waals surface area contributed by atoms with Crippen LogP contribution >= 0.6 is 0 Å². The fraction of sp³-hybridized carbons (Fsp3) is 0.400. The Bertz CT molecular complexity index is 926. The van der Waals surface area contributed by atoms with Crippen LogP contribution in [0.1, 0.15) is 30.5 Å². The second-order valence-electron chi connectivity index (χ2n) is 7.09. The van der Waals surface area contributed by atoms with E-state index in [0.717, 1.165) is 42.9 Å². The van der Waals surface area contributed by atoms with E-state index in [-0.39, 0.29) is 11.0 Å². The van der Waals surface area contributed by atoms with E-state index >= 15 is 0 Å². The Morgan fingerprint density at radius 3 is 2.63 bits per heavy atom. The number of nitrogens with two attached hydrogens (primary N) is 1. The van der Waals surface area contributed by atoms with Crippen molar-refractivity contribution < 1.29 is 17.9 Å². The molecule has 2 aromatic rings. The number of primary sulfonamides is 1. The fourth-order valence-corrected chi connectivity index (χ4v) is 4.12. The highest BCUT2D eigenvalue weighted by Gasteiger charge is 2.23. The lowest BCUT2D eigenvalue weighted by Crippen LogP contribution is -2.30. The molecule has 0 saturated heterocycles. The zero-order valence-electron chi connectivity index (χ0n) is 15.9. The highest BCUT2D eigenvalue weighted by atomic mass is 32.2. The summed E-state index contributed by atoms with van der Waals surface area (Å²) in [5.74, 6) is 1.17. The summed E-state index contributed by atoms with van der Waals surface area (Å²) >= 11 is 0. The molecule has 0 aromatic heterocycles. The van der Waals surface area contributed by atoms with Crippen molar-refractivity contribution in [3.8, 4) is 11.5 Å². The number of hydrogen-bond donors (Lipinski definition) is 1. The van der Waals surface area contributed by atoms with Crippen LogP contribution in [0.25, 0.3) is 0 Å². The maximum atomic E-state index is 11.8. The Morgan fingerprint density at radius 1 is 1.19 bits per heavy atom. The van der Waals surface area contributed by atoms with E-state index in [0.29, 0.717) is 5.75 Å². The van der Waals surface area contributed by atoms with Crippen LogP contribution in [-0.2, 0) is 29.5 Å². The minimum absolute atomic E-state index is 0.0516. The fourth-order valence-electron chi connectivity index (χ4n) is 3.39. The molecule has 0 fully saturated rings. The van der Waals surface area contributed by atoms with Crippen LogP contribution in [-0.4, -0.2) is 33.1 Å². The summed E-state index contributed by atoms with van der Waals surface area (Å²) in [6.45, 7) is 6.40. The van der Waals surface area contributed by atoms with Crippen molar-refractivity contribution in [3.05, 3.63) is 53.1 Å². The van der Waals surface area contributed by atoms with Crippen molar-refractivity contribution in [3.63, 3.8) is 0 Å². The summed E-state index contributed by atoms with van der Waals surface area (Å²) in [6, 6.07) is 11.6. The summed E-state index contributed by atoms with van der Waals surface area (Å²) in [6.07, 6.45) is 0.909. The summed E-state index contributed by atoms with van der Waals surface area (Å²) in [5.41, 5.74) is 3.26. The smallest absolute Gasteiger partial charge is 0.241 e. The SMILES string of the molecule is COc1cc2c(cc1S(N)(=O)=O)CCN(Cc1cccc(OC(C)C)c1)C2. The van der Waals surface area contributed by atoms with Gasteiger partial charge in [-0.1, -0.05) is 12.1 Å².